The smallest absolute Gasteiger partial charge is 0.251 e. The molecule has 0 radical (unpaired) electrons. The second kappa shape index (κ2) is 6.75. The molecule has 20 heavy (non-hydrogen) atoms. The summed E-state index contributed by atoms with van der Waals surface area (Å²) in [7, 11) is 1.59. The number of ether oxygens (including phenoxy) is 1. The number of carbonyl (C=O) groups excluding carboxylic acids is 1. The molecule has 104 valence electrons. The first-order valence-corrected chi connectivity index (χ1v) is 6.68. The van der Waals surface area contributed by atoms with Gasteiger partial charge in [0.15, 0.2) is 0 Å². The number of rotatable bonds is 5. The van der Waals surface area contributed by atoms with Crippen LogP contribution in [0.15, 0.2) is 54.6 Å². The third-order valence-corrected chi connectivity index (χ3v) is 3.09. The molecule has 0 spiro atoms. The predicted molar refractivity (Wildman–Crippen MR) is 80.1 cm³/mol. The van der Waals surface area contributed by atoms with Crippen molar-refractivity contribution in [2.24, 2.45) is 0 Å². The Balaban J connectivity index is 1.96. The highest BCUT2D eigenvalue weighted by molar-refractivity contribution is 5.94. The fourth-order valence-electron chi connectivity index (χ4n) is 2.09. The van der Waals surface area contributed by atoms with Crippen LogP contribution < -0.4 is 10.1 Å². The summed E-state index contributed by atoms with van der Waals surface area (Å²) >= 11 is 0. The van der Waals surface area contributed by atoms with Crippen LogP contribution in [0.2, 0.25) is 0 Å². The molecule has 0 aliphatic rings. The van der Waals surface area contributed by atoms with Crippen LogP contribution in [-0.2, 0) is 6.42 Å². The van der Waals surface area contributed by atoms with Crippen LogP contribution in [0.3, 0.4) is 0 Å². The van der Waals surface area contributed by atoms with E-state index in [9.17, 15) is 4.79 Å². The van der Waals surface area contributed by atoms with Crippen molar-refractivity contribution in [2.75, 3.05) is 7.11 Å². The Morgan fingerprint density at radius 2 is 1.90 bits per heavy atom. The third-order valence-electron chi connectivity index (χ3n) is 3.09. The second-order valence-corrected chi connectivity index (χ2v) is 4.80. The van der Waals surface area contributed by atoms with Gasteiger partial charge in [-0.2, -0.15) is 0 Å². The fourth-order valence-corrected chi connectivity index (χ4v) is 2.09. The maximum atomic E-state index is 12.1. The van der Waals surface area contributed by atoms with E-state index >= 15 is 0 Å². The molecular weight excluding hydrogens is 250 g/mol. The fraction of sp³-hybridized carbons (Fsp3) is 0.235. The summed E-state index contributed by atoms with van der Waals surface area (Å²) in [6.07, 6.45) is 0.816. The zero-order valence-corrected chi connectivity index (χ0v) is 11.8. The largest absolute Gasteiger partial charge is 0.497 e. The van der Waals surface area contributed by atoms with Crippen molar-refractivity contribution in [2.45, 2.75) is 19.4 Å². The van der Waals surface area contributed by atoms with Gasteiger partial charge in [-0.15, -0.1) is 0 Å². The maximum absolute atomic E-state index is 12.1. The lowest BCUT2D eigenvalue weighted by Crippen LogP contribution is -2.34. The highest BCUT2D eigenvalue weighted by Gasteiger charge is 2.10. The average molecular weight is 269 g/mol. The third kappa shape index (κ3) is 3.85. The monoisotopic (exact) mass is 269 g/mol. The molecule has 0 aliphatic carbocycles. The first-order chi connectivity index (χ1) is 9.69. The highest BCUT2D eigenvalue weighted by atomic mass is 16.5. The zero-order valence-electron chi connectivity index (χ0n) is 11.8. The molecule has 0 saturated heterocycles. The number of carbonyl (C=O) groups is 1. The van der Waals surface area contributed by atoms with E-state index in [0.717, 1.165) is 6.42 Å². The Morgan fingerprint density at radius 1 is 1.15 bits per heavy atom. The topological polar surface area (TPSA) is 38.3 Å². The quantitative estimate of drug-likeness (QED) is 0.906. The van der Waals surface area contributed by atoms with Gasteiger partial charge in [0.05, 0.1) is 7.11 Å². The number of benzene rings is 2. The van der Waals surface area contributed by atoms with Gasteiger partial charge >= 0.3 is 0 Å². The van der Waals surface area contributed by atoms with E-state index in [1.54, 1.807) is 19.2 Å². The first-order valence-electron chi connectivity index (χ1n) is 6.68. The van der Waals surface area contributed by atoms with Crippen LogP contribution in [0.4, 0.5) is 0 Å². The standard InChI is InChI=1S/C17H19NO2/c1-13(11-14-7-4-3-5-8-14)18-17(19)15-9-6-10-16(12-15)20-2/h3-10,12-13H,11H2,1-2H3,(H,18,19). The molecule has 0 aromatic heterocycles. The summed E-state index contributed by atoms with van der Waals surface area (Å²) in [5.74, 6) is 0.612. The van der Waals surface area contributed by atoms with Crippen molar-refractivity contribution in [1.82, 2.24) is 5.32 Å². The van der Waals surface area contributed by atoms with Gasteiger partial charge in [0.1, 0.15) is 5.75 Å². The molecule has 1 unspecified atom stereocenters. The Bertz CT molecular complexity index is 566. The van der Waals surface area contributed by atoms with Crippen LogP contribution in [0, 0.1) is 0 Å². The van der Waals surface area contributed by atoms with E-state index in [1.165, 1.54) is 5.56 Å². The summed E-state index contributed by atoms with van der Waals surface area (Å²) in [5.41, 5.74) is 1.83. The number of methoxy groups -OCH3 is 1. The molecule has 0 bridgehead atoms. The molecule has 3 nitrogen and oxygen atoms in total. The van der Waals surface area contributed by atoms with Crippen LogP contribution >= 0.6 is 0 Å². The molecule has 0 heterocycles. The zero-order chi connectivity index (χ0) is 14.4. The van der Waals surface area contributed by atoms with Gasteiger partial charge in [0.2, 0.25) is 0 Å². The van der Waals surface area contributed by atoms with Gasteiger partial charge in [-0.25, -0.2) is 0 Å². The molecule has 0 aliphatic heterocycles. The normalized spacial score (nSPS) is 11.7. The number of hydrogen-bond donors (Lipinski definition) is 1. The minimum atomic E-state index is -0.0765. The predicted octanol–water partition coefficient (Wildman–Crippen LogP) is 3.06. The summed E-state index contributed by atoms with van der Waals surface area (Å²) in [5, 5.41) is 3.00. The lowest BCUT2D eigenvalue weighted by molar-refractivity contribution is 0.0940. The van der Waals surface area contributed by atoms with Crippen LogP contribution in [-0.4, -0.2) is 19.1 Å². The summed E-state index contributed by atoms with van der Waals surface area (Å²) in [6.45, 7) is 2.01. The van der Waals surface area contributed by atoms with E-state index in [-0.39, 0.29) is 11.9 Å². The molecule has 0 fully saturated rings. The Kier molecular flexibility index (Phi) is 4.77. The van der Waals surface area contributed by atoms with Crippen LogP contribution in [0.1, 0.15) is 22.8 Å². The van der Waals surface area contributed by atoms with Crippen molar-refractivity contribution in [3.63, 3.8) is 0 Å². The van der Waals surface area contributed by atoms with E-state index in [0.29, 0.717) is 11.3 Å². The van der Waals surface area contributed by atoms with Crippen molar-refractivity contribution in [3.8, 4) is 5.75 Å². The van der Waals surface area contributed by atoms with Crippen LogP contribution in [0.5, 0.6) is 5.75 Å². The molecule has 3 heteroatoms. The summed E-state index contributed by atoms with van der Waals surface area (Å²) in [6, 6.07) is 17.4. The number of nitrogens with one attached hydrogen (secondary N) is 1. The van der Waals surface area contributed by atoms with Gasteiger partial charge in [0, 0.05) is 11.6 Å². The van der Waals surface area contributed by atoms with Gasteiger partial charge < -0.3 is 10.1 Å². The average Bonchev–Trinajstić information content (AvgIpc) is 2.48. The van der Waals surface area contributed by atoms with E-state index in [1.807, 2.05) is 37.3 Å². The summed E-state index contributed by atoms with van der Waals surface area (Å²) in [4.78, 5) is 12.1. The Labute approximate surface area is 119 Å². The summed E-state index contributed by atoms with van der Waals surface area (Å²) < 4.78 is 5.13. The molecule has 0 saturated carbocycles. The van der Waals surface area contributed by atoms with Crippen LogP contribution in [0.25, 0.3) is 0 Å². The van der Waals surface area contributed by atoms with Gasteiger partial charge in [-0.3, -0.25) is 4.79 Å². The molecule has 2 rings (SSSR count). The van der Waals surface area contributed by atoms with E-state index < -0.39 is 0 Å². The van der Waals surface area contributed by atoms with E-state index in [4.69, 9.17) is 4.74 Å². The first kappa shape index (κ1) is 14.1. The molecule has 1 amide bonds. The number of hydrogen-bond acceptors (Lipinski definition) is 2. The van der Waals surface area contributed by atoms with Crippen molar-refractivity contribution >= 4 is 5.91 Å². The number of amides is 1. The van der Waals surface area contributed by atoms with Gasteiger partial charge in [-0.05, 0) is 37.1 Å². The molecule has 1 N–H and O–H groups in total. The Hall–Kier alpha value is -2.29. The lowest BCUT2D eigenvalue weighted by Gasteiger charge is -2.14. The minimum absolute atomic E-state index is 0.0765. The molecular formula is C17H19NO2. The highest BCUT2D eigenvalue weighted by Crippen LogP contribution is 2.12. The molecule has 2 aromatic rings. The SMILES string of the molecule is COc1cccc(C(=O)NC(C)Cc2ccccc2)c1. The van der Waals surface area contributed by atoms with Crippen molar-refractivity contribution < 1.29 is 9.53 Å². The maximum Gasteiger partial charge on any atom is 0.251 e. The molecule has 2 aromatic carbocycles. The van der Waals surface area contributed by atoms with Crippen molar-refractivity contribution in [1.29, 1.82) is 0 Å². The molecule has 1 atom stereocenters. The van der Waals surface area contributed by atoms with Crippen molar-refractivity contribution in [3.05, 3.63) is 65.7 Å². The van der Waals surface area contributed by atoms with Gasteiger partial charge in [-0.1, -0.05) is 36.4 Å². The van der Waals surface area contributed by atoms with E-state index in [2.05, 4.69) is 17.4 Å². The van der Waals surface area contributed by atoms with Gasteiger partial charge in [0.25, 0.3) is 5.91 Å². The minimum Gasteiger partial charge on any atom is -0.497 e. The lowest BCUT2D eigenvalue weighted by atomic mass is 10.1. The Morgan fingerprint density at radius 3 is 2.60 bits per heavy atom. The second-order valence-electron chi connectivity index (χ2n) is 4.80.